The van der Waals surface area contributed by atoms with Crippen LogP contribution < -0.4 is 4.90 Å². The standard InChI is InChI=1S/C32H27N/c1-24-10-14-26(15-11-24)16-17-27-18-22-30(23-19-27)33(29-20-12-25(2)13-21-29)32-9-5-7-28-6-3-4-8-31(28)32/h3-23H,1-2H3. The summed E-state index contributed by atoms with van der Waals surface area (Å²) in [5, 5.41) is 2.48. The first-order chi connectivity index (χ1) is 16.2. The highest BCUT2D eigenvalue weighted by Gasteiger charge is 2.14. The average molecular weight is 426 g/mol. The molecule has 0 saturated carbocycles. The van der Waals surface area contributed by atoms with Crippen molar-refractivity contribution in [2.75, 3.05) is 4.90 Å². The largest absolute Gasteiger partial charge is 0.310 e. The van der Waals surface area contributed by atoms with Crippen LogP contribution in [0.4, 0.5) is 17.1 Å². The van der Waals surface area contributed by atoms with Crippen LogP contribution in [0.5, 0.6) is 0 Å². The zero-order valence-electron chi connectivity index (χ0n) is 19.1. The third-order valence-electron chi connectivity index (χ3n) is 6.00. The summed E-state index contributed by atoms with van der Waals surface area (Å²) in [5.74, 6) is 0. The van der Waals surface area contributed by atoms with Crippen LogP contribution in [0.3, 0.4) is 0 Å². The molecule has 160 valence electrons. The molecule has 5 rings (SSSR count). The molecule has 0 atom stereocenters. The molecule has 0 aliphatic heterocycles. The van der Waals surface area contributed by atoms with E-state index in [1.807, 2.05) is 0 Å². The molecule has 0 N–H and O–H groups in total. The van der Waals surface area contributed by atoms with E-state index in [1.54, 1.807) is 0 Å². The topological polar surface area (TPSA) is 3.24 Å². The molecule has 0 amide bonds. The number of hydrogen-bond donors (Lipinski definition) is 0. The minimum Gasteiger partial charge on any atom is -0.310 e. The Bertz CT molecular complexity index is 1390. The molecule has 0 aliphatic rings. The predicted molar refractivity (Wildman–Crippen MR) is 143 cm³/mol. The van der Waals surface area contributed by atoms with E-state index in [1.165, 1.54) is 38.7 Å². The first-order valence-corrected chi connectivity index (χ1v) is 11.4. The maximum atomic E-state index is 2.34. The second-order valence-electron chi connectivity index (χ2n) is 8.50. The van der Waals surface area contributed by atoms with Gasteiger partial charge < -0.3 is 4.90 Å². The van der Waals surface area contributed by atoms with Gasteiger partial charge in [0.25, 0.3) is 0 Å². The molecule has 0 heterocycles. The number of hydrogen-bond acceptors (Lipinski definition) is 1. The summed E-state index contributed by atoms with van der Waals surface area (Å²) in [6.07, 6.45) is 4.33. The van der Waals surface area contributed by atoms with Crippen LogP contribution in [0, 0.1) is 13.8 Å². The van der Waals surface area contributed by atoms with Crippen molar-refractivity contribution in [3.63, 3.8) is 0 Å². The van der Waals surface area contributed by atoms with Crippen LogP contribution in [0.15, 0.2) is 115 Å². The second-order valence-corrected chi connectivity index (χ2v) is 8.50. The maximum Gasteiger partial charge on any atom is 0.0540 e. The van der Waals surface area contributed by atoms with Gasteiger partial charge in [-0.15, -0.1) is 0 Å². The van der Waals surface area contributed by atoms with E-state index in [0.29, 0.717) is 0 Å². The van der Waals surface area contributed by atoms with E-state index < -0.39 is 0 Å². The monoisotopic (exact) mass is 425 g/mol. The molecule has 1 nitrogen and oxygen atoms in total. The molecule has 0 spiro atoms. The Kier molecular flexibility index (Phi) is 5.78. The zero-order valence-corrected chi connectivity index (χ0v) is 19.1. The lowest BCUT2D eigenvalue weighted by molar-refractivity contribution is 1.29. The van der Waals surface area contributed by atoms with E-state index in [-0.39, 0.29) is 0 Å². The van der Waals surface area contributed by atoms with Gasteiger partial charge in [-0.25, -0.2) is 0 Å². The average Bonchev–Trinajstić information content (AvgIpc) is 2.86. The molecule has 0 unspecified atom stereocenters. The minimum absolute atomic E-state index is 1.14. The van der Waals surface area contributed by atoms with Crippen molar-refractivity contribution >= 4 is 40.0 Å². The first-order valence-electron chi connectivity index (χ1n) is 11.4. The van der Waals surface area contributed by atoms with Crippen LogP contribution >= 0.6 is 0 Å². The molecule has 0 saturated heterocycles. The Morgan fingerprint density at radius 1 is 0.485 bits per heavy atom. The van der Waals surface area contributed by atoms with Gasteiger partial charge in [0.05, 0.1) is 5.69 Å². The van der Waals surface area contributed by atoms with Gasteiger partial charge in [-0.1, -0.05) is 108 Å². The molecule has 33 heavy (non-hydrogen) atoms. The van der Waals surface area contributed by atoms with Gasteiger partial charge in [0.2, 0.25) is 0 Å². The van der Waals surface area contributed by atoms with Crippen LogP contribution in [0.2, 0.25) is 0 Å². The van der Waals surface area contributed by atoms with E-state index >= 15 is 0 Å². The third kappa shape index (κ3) is 4.58. The van der Waals surface area contributed by atoms with Crippen molar-refractivity contribution in [1.82, 2.24) is 0 Å². The maximum absolute atomic E-state index is 2.34. The molecule has 0 radical (unpaired) electrons. The van der Waals surface area contributed by atoms with Gasteiger partial charge in [-0.2, -0.15) is 0 Å². The summed E-state index contributed by atoms with van der Waals surface area (Å²) >= 11 is 0. The number of benzene rings is 5. The van der Waals surface area contributed by atoms with Crippen LogP contribution in [-0.4, -0.2) is 0 Å². The van der Waals surface area contributed by atoms with Gasteiger partial charge in [0, 0.05) is 16.8 Å². The Morgan fingerprint density at radius 2 is 0.970 bits per heavy atom. The van der Waals surface area contributed by atoms with E-state index in [2.05, 4.69) is 146 Å². The van der Waals surface area contributed by atoms with Crippen molar-refractivity contribution in [3.05, 3.63) is 138 Å². The van der Waals surface area contributed by atoms with E-state index in [0.717, 1.165) is 11.4 Å². The van der Waals surface area contributed by atoms with E-state index in [4.69, 9.17) is 0 Å². The fourth-order valence-electron chi connectivity index (χ4n) is 4.13. The van der Waals surface area contributed by atoms with Crippen molar-refractivity contribution < 1.29 is 0 Å². The number of rotatable bonds is 5. The molecule has 0 aliphatic carbocycles. The van der Waals surface area contributed by atoms with Crippen molar-refractivity contribution in [2.45, 2.75) is 13.8 Å². The van der Waals surface area contributed by atoms with Gasteiger partial charge in [0.1, 0.15) is 0 Å². The Labute approximate surface area is 196 Å². The van der Waals surface area contributed by atoms with Crippen molar-refractivity contribution in [3.8, 4) is 0 Å². The molecule has 0 bridgehead atoms. The highest BCUT2D eigenvalue weighted by molar-refractivity contribution is 5.98. The highest BCUT2D eigenvalue weighted by Crippen LogP contribution is 2.38. The molecule has 5 aromatic carbocycles. The van der Waals surface area contributed by atoms with Gasteiger partial charge in [-0.05, 0) is 60.7 Å². The molecule has 1 heteroatoms. The quantitative estimate of drug-likeness (QED) is 0.254. The van der Waals surface area contributed by atoms with Gasteiger partial charge >= 0.3 is 0 Å². The zero-order chi connectivity index (χ0) is 22.6. The van der Waals surface area contributed by atoms with Crippen LogP contribution in [-0.2, 0) is 0 Å². The lowest BCUT2D eigenvalue weighted by Crippen LogP contribution is -2.10. The normalized spacial score (nSPS) is 11.2. The Balaban J connectivity index is 1.54. The number of fused-ring (bicyclic) bond motifs is 1. The molecular weight excluding hydrogens is 398 g/mol. The smallest absolute Gasteiger partial charge is 0.0540 e. The van der Waals surface area contributed by atoms with Crippen molar-refractivity contribution in [1.29, 1.82) is 0 Å². The molecule has 0 fully saturated rings. The van der Waals surface area contributed by atoms with Crippen LogP contribution in [0.25, 0.3) is 22.9 Å². The first kappa shape index (κ1) is 20.8. The Morgan fingerprint density at radius 3 is 1.61 bits per heavy atom. The number of aryl methyl sites for hydroxylation is 2. The number of nitrogens with zero attached hydrogens (tertiary/aromatic N) is 1. The predicted octanol–water partition coefficient (Wildman–Crippen LogP) is 9.10. The van der Waals surface area contributed by atoms with Crippen LogP contribution in [0.1, 0.15) is 22.3 Å². The third-order valence-corrected chi connectivity index (χ3v) is 6.00. The Hall–Kier alpha value is -4.10. The lowest BCUT2D eigenvalue weighted by atomic mass is 10.1. The summed E-state index contributed by atoms with van der Waals surface area (Å²) in [6, 6.07) is 41.2. The molecule has 5 aromatic rings. The summed E-state index contributed by atoms with van der Waals surface area (Å²) in [5.41, 5.74) is 8.40. The van der Waals surface area contributed by atoms with Gasteiger partial charge in [0.15, 0.2) is 0 Å². The highest BCUT2D eigenvalue weighted by atomic mass is 15.1. The summed E-state index contributed by atoms with van der Waals surface area (Å²) in [6.45, 7) is 4.24. The summed E-state index contributed by atoms with van der Waals surface area (Å²) < 4.78 is 0. The summed E-state index contributed by atoms with van der Waals surface area (Å²) in [7, 11) is 0. The van der Waals surface area contributed by atoms with E-state index in [9.17, 15) is 0 Å². The fraction of sp³-hybridized carbons (Fsp3) is 0.0625. The van der Waals surface area contributed by atoms with Gasteiger partial charge in [-0.3, -0.25) is 0 Å². The molecular formula is C32H27N. The fourth-order valence-corrected chi connectivity index (χ4v) is 4.13. The summed E-state index contributed by atoms with van der Waals surface area (Å²) in [4.78, 5) is 2.34. The SMILES string of the molecule is Cc1ccc(C=Cc2ccc(N(c3ccc(C)cc3)c3cccc4ccccc34)cc2)cc1. The minimum atomic E-state index is 1.14. The van der Waals surface area contributed by atoms with Crippen molar-refractivity contribution in [2.24, 2.45) is 0 Å². The second kappa shape index (κ2) is 9.18. The molecule has 0 aromatic heterocycles. The lowest BCUT2D eigenvalue weighted by Gasteiger charge is -2.27. The number of anilines is 3.